The first kappa shape index (κ1) is 17.2. The normalized spacial score (nSPS) is 17.2. The van der Waals surface area contributed by atoms with Crippen molar-refractivity contribution in [2.75, 3.05) is 36.0 Å². The van der Waals surface area contributed by atoms with Crippen molar-refractivity contribution >= 4 is 16.9 Å². The van der Waals surface area contributed by atoms with E-state index in [4.69, 9.17) is 0 Å². The van der Waals surface area contributed by atoms with Crippen LogP contribution in [0.1, 0.15) is 47.9 Å². The average molecular weight is 347 g/mol. The molecule has 2 aromatic rings. The summed E-state index contributed by atoms with van der Waals surface area (Å²) in [5.74, 6) is 0. The highest BCUT2D eigenvalue weighted by atomic mass is 15.1. The van der Waals surface area contributed by atoms with Crippen LogP contribution in [-0.4, -0.2) is 26.2 Å². The van der Waals surface area contributed by atoms with Gasteiger partial charge in [-0.2, -0.15) is 0 Å². The number of hydrogen-bond acceptors (Lipinski definition) is 2. The zero-order valence-electron chi connectivity index (χ0n) is 16.2. The number of aryl methyl sites for hydroxylation is 2. The van der Waals surface area contributed by atoms with E-state index in [1.165, 1.54) is 85.5 Å². The van der Waals surface area contributed by atoms with Gasteiger partial charge in [-0.1, -0.05) is 18.7 Å². The predicted molar refractivity (Wildman–Crippen MR) is 113 cm³/mol. The van der Waals surface area contributed by atoms with E-state index in [1.807, 2.05) is 0 Å². The molecule has 2 heteroatoms. The molecule has 0 bridgehead atoms. The van der Waals surface area contributed by atoms with Crippen molar-refractivity contribution in [2.45, 2.75) is 39.5 Å². The minimum Gasteiger partial charge on any atom is -0.371 e. The Morgan fingerprint density at radius 3 is 1.42 bits per heavy atom. The lowest BCUT2D eigenvalue weighted by Crippen LogP contribution is -2.18. The summed E-state index contributed by atoms with van der Waals surface area (Å²) < 4.78 is 0. The van der Waals surface area contributed by atoms with Crippen molar-refractivity contribution in [3.63, 3.8) is 0 Å². The van der Waals surface area contributed by atoms with Gasteiger partial charge in [0, 0.05) is 37.6 Å². The molecule has 2 saturated heterocycles. The summed E-state index contributed by atoms with van der Waals surface area (Å²) in [6.45, 7) is 13.6. The fraction of sp³-hybridized carbons (Fsp3) is 0.417. The number of hydrogen-bond donors (Lipinski definition) is 0. The van der Waals surface area contributed by atoms with Gasteiger partial charge in [-0.25, -0.2) is 0 Å². The Kier molecular flexibility index (Phi) is 4.76. The summed E-state index contributed by atoms with van der Waals surface area (Å²) in [5, 5.41) is 0. The lowest BCUT2D eigenvalue weighted by Gasteiger charge is -2.22. The molecule has 0 atom stereocenters. The average Bonchev–Trinajstić information content (AvgIpc) is 3.35. The third-order valence-corrected chi connectivity index (χ3v) is 5.98. The second kappa shape index (κ2) is 7.19. The van der Waals surface area contributed by atoms with Crippen molar-refractivity contribution < 1.29 is 0 Å². The molecular formula is C24H30N2. The fourth-order valence-electron chi connectivity index (χ4n) is 4.48. The Balaban J connectivity index is 1.57. The molecule has 0 amide bonds. The first-order chi connectivity index (χ1) is 12.6. The topological polar surface area (TPSA) is 6.48 Å². The number of rotatable bonds is 4. The minimum absolute atomic E-state index is 1.12. The second-order valence-corrected chi connectivity index (χ2v) is 7.87. The van der Waals surface area contributed by atoms with Gasteiger partial charge in [-0.15, -0.1) is 0 Å². The zero-order chi connectivity index (χ0) is 18.1. The molecule has 2 heterocycles. The van der Waals surface area contributed by atoms with Gasteiger partial charge in [0.25, 0.3) is 0 Å². The Bertz CT molecular complexity index is 741. The standard InChI is InChI=1S/C24H30N2/c1-18-16-21(8-10-23(18)25-12-4-5-13-25)20(3)22-9-11-24(19(2)17-22)26-14-6-7-15-26/h8-11,16-17H,3-7,12-15H2,1-2H3. The summed E-state index contributed by atoms with van der Waals surface area (Å²) in [4.78, 5) is 5.02. The molecule has 0 saturated carbocycles. The molecule has 136 valence electrons. The van der Waals surface area contributed by atoms with Crippen LogP contribution in [0.2, 0.25) is 0 Å². The highest BCUT2D eigenvalue weighted by molar-refractivity contribution is 5.81. The maximum Gasteiger partial charge on any atom is 0.0396 e. The van der Waals surface area contributed by atoms with E-state index in [0.717, 1.165) is 5.57 Å². The Morgan fingerprint density at radius 1 is 0.692 bits per heavy atom. The number of nitrogens with zero attached hydrogens (tertiary/aromatic N) is 2. The Labute approximate surface area is 158 Å². The lowest BCUT2D eigenvalue weighted by atomic mass is 9.95. The van der Waals surface area contributed by atoms with E-state index < -0.39 is 0 Å². The predicted octanol–water partition coefficient (Wildman–Crippen LogP) is 5.57. The van der Waals surface area contributed by atoms with Gasteiger partial charge in [0.1, 0.15) is 0 Å². The fourth-order valence-corrected chi connectivity index (χ4v) is 4.48. The zero-order valence-corrected chi connectivity index (χ0v) is 16.2. The molecule has 0 spiro atoms. The van der Waals surface area contributed by atoms with Crippen LogP contribution in [0.15, 0.2) is 43.0 Å². The van der Waals surface area contributed by atoms with Crippen molar-refractivity contribution in [2.24, 2.45) is 0 Å². The van der Waals surface area contributed by atoms with E-state index in [9.17, 15) is 0 Å². The highest BCUT2D eigenvalue weighted by Gasteiger charge is 2.17. The number of anilines is 2. The molecule has 0 aliphatic carbocycles. The van der Waals surface area contributed by atoms with Crippen LogP contribution in [0.4, 0.5) is 11.4 Å². The van der Waals surface area contributed by atoms with Crippen molar-refractivity contribution in [1.29, 1.82) is 0 Å². The summed E-state index contributed by atoms with van der Waals surface area (Å²) in [7, 11) is 0. The lowest BCUT2D eigenvalue weighted by molar-refractivity contribution is 0.949. The molecule has 2 aliphatic heterocycles. The quantitative estimate of drug-likeness (QED) is 0.714. The molecule has 0 radical (unpaired) electrons. The molecule has 2 fully saturated rings. The minimum atomic E-state index is 1.12. The molecule has 0 N–H and O–H groups in total. The van der Waals surface area contributed by atoms with Gasteiger partial charge >= 0.3 is 0 Å². The van der Waals surface area contributed by atoms with E-state index >= 15 is 0 Å². The Morgan fingerprint density at radius 2 is 1.08 bits per heavy atom. The van der Waals surface area contributed by atoms with E-state index in [-0.39, 0.29) is 0 Å². The Hall–Kier alpha value is -2.22. The molecule has 2 aromatic carbocycles. The molecule has 26 heavy (non-hydrogen) atoms. The van der Waals surface area contributed by atoms with Gasteiger partial charge in [-0.05, 0) is 91.6 Å². The van der Waals surface area contributed by atoms with Gasteiger partial charge in [0.15, 0.2) is 0 Å². The number of benzene rings is 2. The molecule has 2 nitrogen and oxygen atoms in total. The van der Waals surface area contributed by atoms with Crippen LogP contribution in [0.5, 0.6) is 0 Å². The van der Waals surface area contributed by atoms with Crippen LogP contribution in [0, 0.1) is 13.8 Å². The third kappa shape index (κ3) is 3.25. The molecule has 4 rings (SSSR count). The van der Waals surface area contributed by atoms with E-state index in [2.05, 4.69) is 66.6 Å². The largest absolute Gasteiger partial charge is 0.371 e. The second-order valence-electron chi connectivity index (χ2n) is 7.87. The van der Waals surface area contributed by atoms with Crippen LogP contribution < -0.4 is 9.80 Å². The summed E-state index contributed by atoms with van der Waals surface area (Å²) in [6, 6.07) is 13.7. The third-order valence-electron chi connectivity index (χ3n) is 5.98. The van der Waals surface area contributed by atoms with Crippen molar-refractivity contribution in [3.05, 3.63) is 65.2 Å². The van der Waals surface area contributed by atoms with Crippen LogP contribution in [0.25, 0.3) is 5.57 Å². The first-order valence-electron chi connectivity index (χ1n) is 10.0. The van der Waals surface area contributed by atoms with E-state index in [0.29, 0.717) is 0 Å². The maximum atomic E-state index is 4.40. The van der Waals surface area contributed by atoms with Crippen LogP contribution >= 0.6 is 0 Å². The monoisotopic (exact) mass is 346 g/mol. The molecule has 0 aromatic heterocycles. The first-order valence-corrected chi connectivity index (χ1v) is 10.0. The maximum absolute atomic E-state index is 4.40. The smallest absolute Gasteiger partial charge is 0.0396 e. The molecule has 0 unspecified atom stereocenters. The highest BCUT2D eigenvalue weighted by Crippen LogP contribution is 2.32. The van der Waals surface area contributed by atoms with Gasteiger partial charge < -0.3 is 9.80 Å². The van der Waals surface area contributed by atoms with Crippen molar-refractivity contribution in [3.8, 4) is 0 Å². The SMILES string of the molecule is C=C(c1ccc(N2CCCC2)c(C)c1)c1ccc(N2CCCC2)c(C)c1. The van der Waals surface area contributed by atoms with Gasteiger partial charge in [0.05, 0.1) is 0 Å². The van der Waals surface area contributed by atoms with Crippen molar-refractivity contribution in [1.82, 2.24) is 0 Å². The molecular weight excluding hydrogens is 316 g/mol. The van der Waals surface area contributed by atoms with E-state index in [1.54, 1.807) is 0 Å². The van der Waals surface area contributed by atoms with Crippen LogP contribution in [-0.2, 0) is 0 Å². The van der Waals surface area contributed by atoms with Gasteiger partial charge in [-0.3, -0.25) is 0 Å². The summed E-state index contributed by atoms with van der Waals surface area (Å²) in [5.41, 5.74) is 9.08. The van der Waals surface area contributed by atoms with Gasteiger partial charge in [0.2, 0.25) is 0 Å². The molecule has 2 aliphatic rings. The van der Waals surface area contributed by atoms with Crippen LogP contribution in [0.3, 0.4) is 0 Å². The summed E-state index contributed by atoms with van der Waals surface area (Å²) in [6.07, 6.45) is 5.26. The summed E-state index contributed by atoms with van der Waals surface area (Å²) >= 11 is 0.